The van der Waals surface area contributed by atoms with Gasteiger partial charge < -0.3 is 30.5 Å². The van der Waals surface area contributed by atoms with Crippen molar-refractivity contribution >= 4 is 34.3 Å². The molecular formula is C32H44N6O4S. The second-order valence-electron chi connectivity index (χ2n) is 12.6. The molecule has 2 aliphatic heterocycles. The van der Waals surface area contributed by atoms with Gasteiger partial charge in [-0.1, -0.05) is 44.0 Å². The van der Waals surface area contributed by atoms with Crippen molar-refractivity contribution in [3.05, 3.63) is 35.2 Å². The maximum atomic E-state index is 14.1. The number of benzene rings is 1. The first-order valence-electron chi connectivity index (χ1n) is 16.0. The summed E-state index contributed by atoms with van der Waals surface area (Å²) in [6, 6.07) is 7.61. The van der Waals surface area contributed by atoms with Crippen molar-refractivity contribution in [2.24, 2.45) is 11.8 Å². The number of likely N-dealkylation sites (tertiary alicyclic amines) is 1. The number of nitrogens with zero attached hydrogens (tertiary/aromatic N) is 3. The average molecular weight is 609 g/mol. The van der Waals surface area contributed by atoms with Crippen molar-refractivity contribution in [3.63, 3.8) is 0 Å². The fourth-order valence-corrected chi connectivity index (χ4v) is 7.19. The van der Waals surface area contributed by atoms with Gasteiger partial charge in [0.2, 0.25) is 11.8 Å². The van der Waals surface area contributed by atoms with Gasteiger partial charge in [-0.05, 0) is 55.9 Å². The molecule has 4 aliphatic rings. The Morgan fingerprint density at radius 2 is 1.74 bits per heavy atom. The maximum Gasteiger partial charge on any atom is 0.318 e. The van der Waals surface area contributed by atoms with Crippen molar-refractivity contribution in [2.45, 2.75) is 83.0 Å². The highest BCUT2D eigenvalue weighted by Gasteiger charge is 2.41. The summed E-state index contributed by atoms with van der Waals surface area (Å²) in [5, 5.41) is 12.1. The maximum absolute atomic E-state index is 14.1. The van der Waals surface area contributed by atoms with E-state index in [0.29, 0.717) is 56.4 Å². The first kappa shape index (κ1) is 30.0. The summed E-state index contributed by atoms with van der Waals surface area (Å²) < 4.78 is 5.40. The molecule has 0 radical (unpaired) electrons. The third kappa shape index (κ3) is 7.56. The summed E-state index contributed by atoms with van der Waals surface area (Å²) in [6.45, 7) is 5.66. The predicted octanol–water partition coefficient (Wildman–Crippen LogP) is 4.23. The van der Waals surface area contributed by atoms with Crippen molar-refractivity contribution in [1.29, 1.82) is 0 Å². The fraction of sp³-hybridized carbons (Fsp3) is 0.625. The molecule has 232 valence electrons. The van der Waals surface area contributed by atoms with Crippen molar-refractivity contribution < 1.29 is 19.1 Å². The van der Waals surface area contributed by atoms with Crippen LogP contribution < -0.4 is 16.0 Å². The van der Waals surface area contributed by atoms with E-state index in [-0.39, 0.29) is 23.8 Å². The Bertz CT molecular complexity index is 1270. The summed E-state index contributed by atoms with van der Waals surface area (Å²) in [5.74, 6) is 0.326. The molecule has 11 heteroatoms. The van der Waals surface area contributed by atoms with E-state index in [1.807, 2.05) is 5.38 Å². The minimum atomic E-state index is -0.634. The molecule has 2 saturated carbocycles. The van der Waals surface area contributed by atoms with E-state index in [0.717, 1.165) is 49.9 Å². The lowest BCUT2D eigenvalue weighted by Crippen LogP contribution is -2.58. The van der Waals surface area contributed by atoms with Crippen LogP contribution in [-0.4, -0.2) is 83.6 Å². The lowest BCUT2D eigenvalue weighted by Gasteiger charge is -2.37. The van der Waals surface area contributed by atoms with E-state index in [1.165, 1.54) is 29.7 Å². The lowest BCUT2D eigenvalue weighted by molar-refractivity contribution is -0.139. The molecule has 1 aromatic heterocycles. The Morgan fingerprint density at radius 1 is 1.00 bits per heavy atom. The zero-order valence-corrected chi connectivity index (χ0v) is 25.9. The van der Waals surface area contributed by atoms with E-state index in [4.69, 9.17) is 4.74 Å². The van der Waals surface area contributed by atoms with Crippen LogP contribution in [0.3, 0.4) is 0 Å². The quantitative estimate of drug-likeness (QED) is 0.393. The van der Waals surface area contributed by atoms with E-state index in [1.54, 1.807) is 9.80 Å². The normalized spacial score (nSPS) is 24.9. The van der Waals surface area contributed by atoms with Gasteiger partial charge in [0.1, 0.15) is 12.1 Å². The van der Waals surface area contributed by atoms with Crippen LogP contribution in [0.2, 0.25) is 0 Å². The lowest BCUT2D eigenvalue weighted by atomic mass is 9.78. The molecule has 4 fully saturated rings. The number of amides is 4. The molecule has 0 bridgehead atoms. The molecule has 43 heavy (non-hydrogen) atoms. The number of ether oxygens (including phenoxy) is 1. The van der Waals surface area contributed by atoms with E-state index in [2.05, 4.69) is 52.1 Å². The number of carbonyl (C=O) groups excluding carboxylic acids is 3. The van der Waals surface area contributed by atoms with E-state index in [9.17, 15) is 14.4 Å². The fourth-order valence-electron chi connectivity index (χ4n) is 6.47. The van der Waals surface area contributed by atoms with Crippen LogP contribution in [0.25, 0.3) is 11.3 Å². The minimum absolute atomic E-state index is 0.0652. The van der Waals surface area contributed by atoms with Crippen molar-refractivity contribution in [1.82, 2.24) is 25.4 Å². The highest BCUT2D eigenvalue weighted by atomic mass is 32.1. The number of carbonyl (C=O) groups is 3. The third-order valence-electron chi connectivity index (χ3n) is 9.37. The molecule has 2 saturated heterocycles. The highest BCUT2D eigenvalue weighted by molar-refractivity contribution is 7.14. The molecule has 3 N–H and O–H groups in total. The van der Waals surface area contributed by atoms with Crippen LogP contribution in [0.5, 0.6) is 0 Å². The second-order valence-corrected chi connectivity index (χ2v) is 13.5. The van der Waals surface area contributed by atoms with Gasteiger partial charge in [0.25, 0.3) is 0 Å². The van der Waals surface area contributed by atoms with Gasteiger partial charge in [-0.15, -0.1) is 11.3 Å². The standard InChI is InChI=1S/C32H44N6O4S/c1-21-4-8-24(9-5-21)28(35-32(41)37-15-17-42-18-16-37)30(40)38-14-2-3-27(38)29(39)36-31-34-26(20-43-31)23-10-6-22(7-11-23)19-33-25-12-13-25/h6-7,10-11,20-21,24-25,27-28,33H,2-5,8-9,12-19H2,1H3,(H,35,41)(H,34,36,39). The monoisotopic (exact) mass is 608 g/mol. The van der Waals surface area contributed by atoms with Crippen LogP contribution in [0.15, 0.2) is 29.6 Å². The number of morpholine rings is 1. The Balaban J connectivity index is 1.10. The first-order chi connectivity index (χ1) is 20.9. The zero-order valence-electron chi connectivity index (χ0n) is 25.1. The van der Waals surface area contributed by atoms with Gasteiger partial charge in [0.05, 0.1) is 18.9 Å². The topological polar surface area (TPSA) is 116 Å². The summed E-state index contributed by atoms with van der Waals surface area (Å²) in [4.78, 5) is 48.9. The molecule has 6 rings (SSSR count). The van der Waals surface area contributed by atoms with Gasteiger partial charge in [0.15, 0.2) is 5.13 Å². The number of hydrogen-bond acceptors (Lipinski definition) is 7. The molecular weight excluding hydrogens is 564 g/mol. The number of thiazole rings is 1. The zero-order chi connectivity index (χ0) is 29.8. The van der Waals surface area contributed by atoms with Crippen LogP contribution in [0, 0.1) is 11.8 Å². The van der Waals surface area contributed by atoms with Gasteiger partial charge in [0, 0.05) is 43.2 Å². The molecule has 2 aliphatic carbocycles. The molecule has 0 spiro atoms. The van der Waals surface area contributed by atoms with Gasteiger partial charge in [-0.25, -0.2) is 9.78 Å². The SMILES string of the molecule is CC1CCC(C(NC(=O)N2CCOCC2)C(=O)N2CCCC2C(=O)Nc2nc(-c3ccc(CNC4CC4)cc3)cs2)CC1. The van der Waals surface area contributed by atoms with Crippen LogP contribution in [0.1, 0.15) is 63.9 Å². The minimum Gasteiger partial charge on any atom is -0.378 e. The molecule has 1 aromatic carbocycles. The average Bonchev–Trinajstić information content (AvgIpc) is 3.52. The predicted molar refractivity (Wildman–Crippen MR) is 167 cm³/mol. The molecule has 2 unspecified atom stereocenters. The molecule has 2 atom stereocenters. The Labute approximate surface area is 257 Å². The van der Waals surface area contributed by atoms with E-state index >= 15 is 0 Å². The number of anilines is 1. The summed E-state index contributed by atoms with van der Waals surface area (Å²) in [6.07, 6.45) is 7.75. The Hall–Kier alpha value is -3.02. The van der Waals surface area contributed by atoms with Gasteiger partial charge in [-0.3, -0.25) is 9.59 Å². The Kier molecular flexibility index (Phi) is 9.59. The Morgan fingerprint density at radius 3 is 2.47 bits per heavy atom. The van der Waals surface area contributed by atoms with Crippen LogP contribution >= 0.6 is 11.3 Å². The molecule has 4 amide bonds. The highest BCUT2D eigenvalue weighted by Crippen LogP contribution is 2.33. The number of hydrogen-bond donors (Lipinski definition) is 3. The number of aromatic nitrogens is 1. The summed E-state index contributed by atoms with van der Waals surface area (Å²) >= 11 is 1.39. The summed E-state index contributed by atoms with van der Waals surface area (Å²) in [5.41, 5.74) is 3.07. The van der Waals surface area contributed by atoms with Crippen LogP contribution in [-0.2, 0) is 20.9 Å². The van der Waals surface area contributed by atoms with Crippen molar-refractivity contribution in [3.8, 4) is 11.3 Å². The second kappa shape index (κ2) is 13.7. The van der Waals surface area contributed by atoms with Gasteiger partial charge in [-0.2, -0.15) is 0 Å². The summed E-state index contributed by atoms with van der Waals surface area (Å²) in [7, 11) is 0. The smallest absolute Gasteiger partial charge is 0.318 e. The number of urea groups is 1. The third-order valence-corrected chi connectivity index (χ3v) is 10.1. The molecule has 3 heterocycles. The first-order valence-corrected chi connectivity index (χ1v) is 16.9. The molecule has 2 aromatic rings. The largest absolute Gasteiger partial charge is 0.378 e. The number of rotatable bonds is 9. The number of nitrogens with one attached hydrogen (secondary N) is 3. The van der Waals surface area contributed by atoms with Gasteiger partial charge >= 0.3 is 6.03 Å². The molecule has 10 nitrogen and oxygen atoms in total. The van der Waals surface area contributed by atoms with Crippen molar-refractivity contribution in [2.75, 3.05) is 38.2 Å². The van der Waals surface area contributed by atoms with Crippen LogP contribution in [0.4, 0.5) is 9.93 Å². The van der Waals surface area contributed by atoms with E-state index < -0.39 is 12.1 Å².